The number of nitrogens with zero attached hydrogens (tertiary/aromatic N) is 3. The summed E-state index contributed by atoms with van der Waals surface area (Å²) in [7, 11) is 0. The summed E-state index contributed by atoms with van der Waals surface area (Å²) in [6.45, 7) is 3.01. The number of likely N-dealkylation sites (tertiary alicyclic amines) is 1. The zero-order valence-corrected chi connectivity index (χ0v) is 14.9. The minimum Gasteiger partial charge on any atom is -0.481 e. The zero-order valence-electron chi connectivity index (χ0n) is 14.1. The molecule has 1 aromatic carbocycles. The van der Waals surface area contributed by atoms with Gasteiger partial charge >= 0.3 is 0 Å². The topological polar surface area (TPSA) is 45.7 Å². The summed E-state index contributed by atoms with van der Waals surface area (Å²) in [4.78, 5) is 20.8. The van der Waals surface area contributed by atoms with Crippen LogP contribution in [0.2, 0.25) is 5.02 Å². The van der Waals surface area contributed by atoms with Gasteiger partial charge in [0.05, 0.1) is 5.02 Å². The second-order valence-electron chi connectivity index (χ2n) is 6.78. The van der Waals surface area contributed by atoms with Crippen molar-refractivity contribution < 1.29 is 13.9 Å². The number of pyridine rings is 1. The molecular formula is C19H19ClFN3O2. The highest BCUT2D eigenvalue weighted by molar-refractivity contribution is 6.30. The number of rotatable bonds is 4. The summed E-state index contributed by atoms with van der Waals surface area (Å²) < 4.78 is 18.9. The first-order valence-electron chi connectivity index (χ1n) is 8.62. The van der Waals surface area contributed by atoms with Crippen molar-refractivity contribution in [1.82, 2.24) is 9.88 Å². The van der Waals surface area contributed by atoms with Gasteiger partial charge in [-0.15, -0.1) is 0 Å². The van der Waals surface area contributed by atoms with Crippen LogP contribution in [0.15, 0.2) is 42.6 Å². The third-order valence-electron chi connectivity index (χ3n) is 5.06. The van der Waals surface area contributed by atoms with Crippen LogP contribution in [-0.4, -0.2) is 48.6 Å². The van der Waals surface area contributed by atoms with E-state index in [0.29, 0.717) is 29.9 Å². The van der Waals surface area contributed by atoms with Crippen molar-refractivity contribution in [1.29, 1.82) is 0 Å². The molecule has 2 aliphatic rings. The van der Waals surface area contributed by atoms with Crippen LogP contribution in [0.5, 0.6) is 5.75 Å². The van der Waals surface area contributed by atoms with Gasteiger partial charge in [0, 0.05) is 44.2 Å². The first kappa shape index (κ1) is 17.1. The first-order valence-corrected chi connectivity index (χ1v) is 8.99. The van der Waals surface area contributed by atoms with Crippen LogP contribution in [0.4, 0.5) is 10.2 Å². The standard InChI is InChI=1S/C19H19ClFN3O2/c20-15-5-6-18(22-7-15)23-8-13-10-24(11-14(13)9-23)19(25)12-26-17-4-2-1-3-16(17)21/h1-7,13-14H,8-12H2. The normalized spacial score (nSPS) is 21.8. The number of para-hydroxylation sites is 1. The predicted octanol–water partition coefficient (Wildman–Crippen LogP) is 2.85. The van der Waals surface area contributed by atoms with Crippen molar-refractivity contribution in [3.05, 3.63) is 53.4 Å². The molecule has 0 bridgehead atoms. The van der Waals surface area contributed by atoms with E-state index in [0.717, 1.165) is 18.9 Å². The molecule has 1 amide bonds. The van der Waals surface area contributed by atoms with E-state index in [1.54, 1.807) is 18.3 Å². The molecule has 2 unspecified atom stereocenters. The molecule has 2 aromatic rings. The Morgan fingerprint density at radius 1 is 1.15 bits per heavy atom. The summed E-state index contributed by atoms with van der Waals surface area (Å²) in [5, 5.41) is 0.625. The van der Waals surface area contributed by atoms with Gasteiger partial charge in [0.25, 0.3) is 5.91 Å². The Kier molecular flexibility index (Phi) is 4.68. The minimum absolute atomic E-state index is 0.0983. The lowest BCUT2D eigenvalue weighted by Crippen LogP contribution is -2.36. The number of benzene rings is 1. The van der Waals surface area contributed by atoms with Crippen LogP contribution in [0.25, 0.3) is 0 Å². The van der Waals surface area contributed by atoms with E-state index in [9.17, 15) is 9.18 Å². The first-order chi connectivity index (χ1) is 12.6. The summed E-state index contributed by atoms with van der Waals surface area (Å²) in [5.74, 6) is 1.32. The fourth-order valence-electron chi connectivity index (χ4n) is 3.73. The quantitative estimate of drug-likeness (QED) is 0.824. The Morgan fingerprint density at radius 2 is 1.88 bits per heavy atom. The number of anilines is 1. The minimum atomic E-state index is -0.454. The maximum atomic E-state index is 13.6. The molecule has 5 nitrogen and oxygen atoms in total. The fourth-order valence-corrected chi connectivity index (χ4v) is 3.84. The average molecular weight is 376 g/mol. The molecule has 0 saturated carbocycles. The Bertz CT molecular complexity index is 788. The lowest BCUT2D eigenvalue weighted by Gasteiger charge is -2.22. The molecule has 26 heavy (non-hydrogen) atoms. The number of aromatic nitrogens is 1. The number of ether oxygens (including phenoxy) is 1. The van der Waals surface area contributed by atoms with Gasteiger partial charge in [-0.2, -0.15) is 0 Å². The zero-order chi connectivity index (χ0) is 18.1. The average Bonchev–Trinajstić information content (AvgIpc) is 3.20. The van der Waals surface area contributed by atoms with Crippen molar-refractivity contribution in [2.75, 3.05) is 37.7 Å². The number of hydrogen-bond acceptors (Lipinski definition) is 4. The fraction of sp³-hybridized carbons (Fsp3) is 0.368. The number of carbonyl (C=O) groups is 1. The van der Waals surface area contributed by atoms with Gasteiger partial charge in [-0.05, 0) is 24.3 Å². The van der Waals surface area contributed by atoms with Crippen molar-refractivity contribution in [3.63, 3.8) is 0 Å². The van der Waals surface area contributed by atoms with E-state index in [-0.39, 0.29) is 18.3 Å². The van der Waals surface area contributed by atoms with Crippen LogP contribution in [0.3, 0.4) is 0 Å². The van der Waals surface area contributed by atoms with E-state index in [2.05, 4.69) is 9.88 Å². The molecule has 3 heterocycles. The summed E-state index contributed by atoms with van der Waals surface area (Å²) in [5.41, 5.74) is 0. The molecule has 0 spiro atoms. The van der Waals surface area contributed by atoms with Gasteiger partial charge in [-0.3, -0.25) is 4.79 Å². The van der Waals surface area contributed by atoms with Crippen molar-refractivity contribution in [2.45, 2.75) is 0 Å². The second kappa shape index (κ2) is 7.11. The molecule has 7 heteroatoms. The van der Waals surface area contributed by atoms with Crippen molar-refractivity contribution in [3.8, 4) is 5.75 Å². The van der Waals surface area contributed by atoms with Gasteiger partial charge in [-0.1, -0.05) is 23.7 Å². The highest BCUT2D eigenvalue weighted by Crippen LogP contribution is 2.33. The highest BCUT2D eigenvalue weighted by atomic mass is 35.5. The molecule has 2 fully saturated rings. The van der Waals surface area contributed by atoms with Crippen LogP contribution in [-0.2, 0) is 4.79 Å². The molecule has 4 rings (SSSR count). The number of halogens is 2. The Balaban J connectivity index is 1.31. The van der Waals surface area contributed by atoms with E-state index in [1.165, 1.54) is 12.1 Å². The van der Waals surface area contributed by atoms with E-state index >= 15 is 0 Å². The lowest BCUT2D eigenvalue weighted by atomic mass is 10.0. The van der Waals surface area contributed by atoms with Gasteiger partial charge in [0.15, 0.2) is 18.2 Å². The Morgan fingerprint density at radius 3 is 2.54 bits per heavy atom. The number of fused-ring (bicyclic) bond motifs is 1. The maximum Gasteiger partial charge on any atom is 0.260 e. The molecule has 0 aliphatic carbocycles. The van der Waals surface area contributed by atoms with Gasteiger partial charge < -0.3 is 14.5 Å². The Labute approximate surface area is 156 Å². The number of hydrogen-bond donors (Lipinski definition) is 0. The lowest BCUT2D eigenvalue weighted by molar-refractivity contribution is -0.132. The third-order valence-corrected chi connectivity index (χ3v) is 5.29. The summed E-state index contributed by atoms with van der Waals surface area (Å²) >= 11 is 5.89. The van der Waals surface area contributed by atoms with Gasteiger partial charge in [-0.25, -0.2) is 9.37 Å². The molecule has 2 atom stereocenters. The van der Waals surface area contributed by atoms with Crippen LogP contribution >= 0.6 is 11.6 Å². The predicted molar refractivity (Wildman–Crippen MR) is 96.9 cm³/mol. The summed E-state index contributed by atoms with van der Waals surface area (Å²) in [6.07, 6.45) is 1.65. The van der Waals surface area contributed by atoms with Gasteiger partial charge in [0.2, 0.25) is 0 Å². The van der Waals surface area contributed by atoms with E-state index in [1.807, 2.05) is 17.0 Å². The van der Waals surface area contributed by atoms with Crippen molar-refractivity contribution in [2.24, 2.45) is 11.8 Å². The van der Waals surface area contributed by atoms with Crippen LogP contribution in [0, 0.1) is 17.7 Å². The highest BCUT2D eigenvalue weighted by Gasteiger charge is 2.41. The maximum absolute atomic E-state index is 13.6. The van der Waals surface area contributed by atoms with Gasteiger partial charge in [0.1, 0.15) is 5.82 Å². The SMILES string of the molecule is O=C(COc1ccccc1F)N1CC2CN(c3ccc(Cl)cn3)CC2C1. The van der Waals surface area contributed by atoms with Crippen LogP contribution < -0.4 is 9.64 Å². The molecule has 136 valence electrons. The largest absolute Gasteiger partial charge is 0.481 e. The smallest absolute Gasteiger partial charge is 0.260 e. The molecular weight excluding hydrogens is 357 g/mol. The second-order valence-corrected chi connectivity index (χ2v) is 7.21. The molecule has 2 saturated heterocycles. The molecule has 1 aromatic heterocycles. The van der Waals surface area contributed by atoms with Crippen molar-refractivity contribution >= 4 is 23.3 Å². The van der Waals surface area contributed by atoms with E-state index < -0.39 is 5.82 Å². The molecule has 0 radical (unpaired) electrons. The van der Waals surface area contributed by atoms with Crippen LogP contribution in [0.1, 0.15) is 0 Å². The van der Waals surface area contributed by atoms with E-state index in [4.69, 9.17) is 16.3 Å². The number of carbonyl (C=O) groups excluding carboxylic acids is 1. The molecule has 0 N–H and O–H groups in total. The number of amides is 1. The Hall–Kier alpha value is -2.34. The monoisotopic (exact) mass is 375 g/mol. The third kappa shape index (κ3) is 3.46. The summed E-state index contributed by atoms with van der Waals surface area (Å²) in [6, 6.07) is 9.88. The molecule has 2 aliphatic heterocycles.